The molecule has 1 saturated heterocycles. The third-order valence-corrected chi connectivity index (χ3v) is 5.62. The van der Waals surface area contributed by atoms with E-state index in [0.717, 1.165) is 5.56 Å². The van der Waals surface area contributed by atoms with Crippen molar-refractivity contribution in [3.05, 3.63) is 45.9 Å². The van der Waals surface area contributed by atoms with Gasteiger partial charge in [0.15, 0.2) is 11.6 Å². The number of halogens is 3. The van der Waals surface area contributed by atoms with Crippen LogP contribution >= 0.6 is 11.3 Å². The predicted octanol–water partition coefficient (Wildman–Crippen LogP) is 2.83. The van der Waals surface area contributed by atoms with Crippen LogP contribution in [0.3, 0.4) is 0 Å². The molecule has 1 aliphatic heterocycles. The van der Waals surface area contributed by atoms with Gasteiger partial charge < -0.3 is 18.9 Å². The first-order valence-corrected chi connectivity index (χ1v) is 10.4. The topological polar surface area (TPSA) is 87.2 Å². The molecule has 2 unspecified atom stereocenters. The van der Waals surface area contributed by atoms with E-state index in [1.54, 1.807) is 17.0 Å². The van der Waals surface area contributed by atoms with E-state index in [2.05, 4.69) is 9.72 Å². The minimum Gasteiger partial charge on any atom is -0.482 e. The summed E-state index contributed by atoms with van der Waals surface area (Å²) < 4.78 is 58.8. The van der Waals surface area contributed by atoms with E-state index < -0.39 is 35.5 Å². The Labute approximate surface area is 185 Å². The number of rotatable bonds is 8. The van der Waals surface area contributed by atoms with Crippen LogP contribution in [0.25, 0.3) is 0 Å². The van der Waals surface area contributed by atoms with Crippen LogP contribution in [0.2, 0.25) is 0 Å². The molecule has 2 aromatic rings. The highest BCUT2D eigenvalue weighted by molar-refractivity contribution is 7.09. The zero-order chi connectivity index (χ0) is 23.3. The van der Waals surface area contributed by atoms with Gasteiger partial charge >= 0.3 is 18.1 Å². The Morgan fingerprint density at radius 3 is 2.53 bits per heavy atom. The van der Waals surface area contributed by atoms with Gasteiger partial charge in [0.25, 0.3) is 0 Å². The van der Waals surface area contributed by atoms with E-state index in [4.69, 9.17) is 14.2 Å². The van der Waals surface area contributed by atoms with Crippen molar-refractivity contribution in [1.82, 2.24) is 9.88 Å². The van der Waals surface area contributed by atoms with Crippen LogP contribution in [-0.4, -0.2) is 62.0 Å². The van der Waals surface area contributed by atoms with Gasteiger partial charge in [-0.05, 0) is 24.1 Å². The van der Waals surface area contributed by atoms with Gasteiger partial charge in [-0.25, -0.2) is 14.6 Å². The monoisotopic (exact) mass is 474 g/mol. The zero-order valence-corrected chi connectivity index (χ0v) is 18.1. The van der Waals surface area contributed by atoms with Gasteiger partial charge in [0.05, 0.1) is 19.9 Å². The van der Waals surface area contributed by atoms with Gasteiger partial charge in [0, 0.05) is 18.5 Å². The zero-order valence-electron chi connectivity index (χ0n) is 17.3. The number of hydrogen-bond acceptors (Lipinski definition) is 9. The van der Waals surface area contributed by atoms with Crippen LogP contribution in [-0.2, 0) is 36.4 Å². The van der Waals surface area contributed by atoms with Crippen molar-refractivity contribution in [1.29, 1.82) is 0 Å². The lowest BCUT2D eigenvalue weighted by Crippen LogP contribution is -2.38. The van der Waals surface area contributed by atoms with Crippen LogP contribution in [0.15, 0.2) is 29.6 Å². The van der Waals surface area contributed by atoms with Crippen molar-refractivity contribution in [2.24, 2.45) is 0 Å². The number of nitrogens with zero attached hydrogens (tertiary/aromatic N) is 2. The van der Waals surface area contributed by atoms with Crippen molar-refractivity contribution in [2.45, 2.75) is 24.9 Å². The summed E-state index contributed by atoms with van der Waals surface area (Å²) >= 11 is 0.487. The highest BCUT2D eigenvalue weighted by atomic mass is 32.1. The van der Waals surface area contributed by atoms with Crippen molar-refractivity contribution in [3.63, 3.8) is 0 Å². The lowest BCUT2D eigenvalue weighted by molar-refractivity contribution is -0.160. The van der Waals surface area contributed by atoms with Gasteiger partial charge in [0.2, 0.25) is 6.23 Å². The Balaban J connectivity index is 1.62. The third-order valence-electron chi connectivity index (χ3n) is 4.72. The largest absolute Gasteiger partial charge is 0.482 e. The number of carbonyl (C=O) groups excluding carboxylic acids is 2. The van der Waals surface area contributed by atoms with Crippen LogP contribution in [0.5, 0.6) is 5.75 Å². The molecule has 0 saturated carbocycles. The molecule has 1 aliphatic rings. The molecule has 174 valence electrons. The van der Waals surface area contributed by atoms with Gasteiger partial charge in [-0.15, -0.1) is 11.3 Å². The van der Waals surface area contributed by atoms with E-state index >= 15 is 0 Å². The molecular formula is C20H21F3N2O6S. The second-order valence-corrected chi connectivity index (χ2v) is 7.69. The maximum Gasteiger partial charge on any atom is 0.443 e. The molecule has 32 heavy (non-hydrogen) atoms. The SMILES string of the molecule is COC(=O)COc1ccc(CCN2CC(c3csc(C(F)(F)F)n3)OC2C(=O)OC)cc1. The maximum absolute atomic E-state index is 12.9. The average molecular weight is 474 g/mol. The van der Waals surface area contributed by atoms with Crippen molar-refractivity contribution in [2.75, 3.05) is 33.9 Å². The molecule has 2 heterocycles. The number of hydrogen-bond donors (Lipinski definition) is 0. The standard InChI is InChI=1S/C20H21F3N2O6S/c1-28-16(26)10-30-13-5-3-12(4-6-13)7-8-25-9-15(31-17(25)18(27)29-2)14-11-32-19(24-14)20(21,22)23/h3-6,11,15,17H,7-10H2,1-2H3. The molecule has 0 bridgehead atoms. The van der Waals surface area contributed by atoms with Crippen molar-refractivity contribution in [3.8, 4) is 5.75 Å². The number of aromatic nitrogens is 1. The number of ether oxygens (including phenoxy) is 4. The summed E-state index contributed by atoms with van der Waals surface area (Å²) in [6, 6.07) is 7.02. The first kappa shape index (κ1) is 24.0. The highest BCUT2D eigenvalue weighted by Gasteiger charge is 2.41. The quantitative estimate of drug-likeness (QED) is 0.540. The smallest absolute Gasteiger partial charge is 0.443 e. The molecule has 1 aromatic heterocycles. The fourth-order valence-corrected chi connectivity index (χ4v) is 3.79. The second-order valence-electron chi connectivity index (χ2n) is 6.83. The molecule has 8 nitrogen and oxygen atoms in total. The summed E-state index contributed by atoms with van der Waals surface area (Å²) in [7, 11) is 2.49. The second kappa shape index (κ2) is 10.3. The molecular weight excluding hydrogens is 453 g/mol. The molecule has 1 fully saturated rings. The summed E-state index contributed by atoms with van der Waals surface area (Å²) in [6.45, 7) is 0.395. The van der Waals surface area contributed by atoms with E-state index in [0.29, 0.717) is 30.1 Å². The van der Waals surface area contributed by atoms with Crippen LogP contribution < -0.4 is 4.74 Å². The molecule has 0 N–H and O–H groups in total. The first-order valence-electron chi connectivity index (χ1n) is 9.49. The van der Waals surface area contributed by atoms with Crippen LogP contribution in [0, 0.1) is 0 Å². The summed E-state index contributed by atoms with van der Waals surface area (Å²) in [5, 5.41) is 0.330. The predicted molar refractivity (Wildman–Crippen MR) is 106 cm³/mol. The van der Waals surface area contributed by atoms with Gasteiger partial charge in [-0.3, -0.25) is 4.90 Å². The van der Waals surface area contributed by atoms with Gasteiger partial charge in [-0.2, -0.15) is 13.2 Å². The average Bonchev–Trinajstić information content (AvgIpc) is 3.43. The maximum atomic E-state index is 12.9. The lowest BCUT2D eigenvalue weighted by Gasteiger charge is -2.20. The number of esters is 2. The Kier molecular flexibility index (Phi) is 7.69. The van der Waals surface area contributed by atoms with Crippen LogP contribution in [0.4, 0.5) is 13.2 Å². The minimum atomic E-state index is -4.53. The summed E-state index contributed by atoms with van der Waals surface area (Å²) in [5.74, 6) is -0.625. The Morgan fingerprint density at radius 1 is 1.22 bits per heavy atom. The highest BCUT2D eigenvalue weighted by Crippen LogP contribution is 2.36. The fraction of sp³-hybridized carbons (Fsp3) is 0.450. The Hall–Kier alpha value is -2.70. The minimum absolute atomic E-state index is 0.130. The summed E-state index contributed by atoms with van der Waals surface area (Å²) in [6.07, 6.45) is -5.81. The Bertz CT molecular complexity index is 934. The van der Waals surface area contributed by atoms with E-state index in [1.165, 1.54) is 19.6 Å². The fourth-order valence-electron chi connectivity index (χ4n) is 3.06. The number of thiazole rings is 1. The molecule has 0 radical (unpaired) electrons. The van der Waals surface area contributed by atoms with E-state index in [9.17, 15) is 22.8 Å². The first-order chi connectivity index (χ1) is 15.2. The molecule has 1 aromatic carbocycles. The summed E-state index contributed by atoms with van der Waals surface area (Å²) in [5.41, 5.74) is 1.06. The molecule has 12 heteroatoms. The number of methoxy groups -OCH3 is 2. The van der Waals surface area contributed by atoms with E-state index in [-0.39, 0.29) is 18.8 Å². The van der Waals surface area contributed by atoms with Crippen molar-refractivity contribution >= 4 is 23.3 Å². The molecule has 3 rings (SSSR count). The molecule has 0 spiro atoms. The Morgan fingerprint density at radius 2 is 1.94 bits per heavy atom. The summed E-state index contributed by atoms with van der Waals surface area (Å²) in [4.78, 5) is 28.6. The number of alkyl halides is 3. The normalized spacial score (nSPS) is 19.0. The third kappa shape index (κ3) is 5.96. The van der Waals surface area contributed by atoms with Gasteiger partial charge in [-0.1, -0.05) is 12.1 Å². The van der Waals surface area contributed by atoms with E-state index in [1.807, 2.05) is 12.1 Å². The number of carbonyl (C=O) groups is 2. The number of benzene rings is 1. The molecule has 0 amide bonds. The van der Waals surface area contributed by atoms with Crippen molar-refractivity contribution < 1.29 is 41.7 Å². The molecule has 2 atom stereocenters. The molecule has 0 aliphatic carbocycles. The van der Waals surface area contributed by atoms with Crippen LogP contribution in [0.1, 0.15) is 22.4 Å². The van der Waals surface area contributed by atoms with Gasteiger partial charge in [0.1, 0.15) is 11.9 Å². The lowest BCUT2D eigenvalue weighted by atomic mass is 10.1.